The molecule has 0 aliphatic rings. The van der Waals surface area contributed by atoms with Crippen molar-refractivity contribution in [1.29, 1.82) is 0 Å². The van der Waals surface area contributed by atoms with Crippen LogP contribution in [0.4, 0.5) is 10.1 Å². The molecule has 1 amide bonds. The van der Waals surface area contributed by atoms with Gasteiger partial charge in [0.25, 0.3) is 5.91 Å². The van der Waals surface area contributed by atoms with Crippen LogP contribution in [0.15, 0.2) is 24.3 Å². The van der Waals surface area contributed by atoms with E-state index in [4.69, 9.17) is 11.2 Å². The number of nitrogens with one attached hydrogen (secondary N) is 2. The van der Waals surface area contributed by atoms with Crippen LogP contribution in [0.1, 0.15) is 16.2 Å². The van der Waals surface area contributed by atoms with Crippen molar-refractivity contribution in [1.82, 2.24) is 10.2 Å². The highest BCUT2D eigenvalue weighted by Crippen LogP contribution is 2.25. The Morgan fingerprint density at radius 1 is 1.55 bits per heavy atom. The molecule has 0 saturated heterocycles. The average Bonchev–Trinajstić information content (AvgIpc) is 2.85. The fraction of sp³-hybridized carbons (Fsp3) is 0.143. The molecule has 1 aromatic heterocycles. The van der Waals surface area contributed by atoms with Gasteiger partial charge in [-0.25, -0.2) is 4.39 Å². The summed E-state index contributed by atoms with van der Waals surface area (Å²) >= 11 is 0. The number of carbonyl (C=O) groups excluding carboxylic acids is 1. The van der Waals surface area contributed by atoms with Crippen molar-refractivity contribution in [2.75, 3.05) is 11.9 Å². The Morgan fingerprint density at radius 3 is 3.00 bits per heavy atom. The minimum Gasteiger partial charge on any atom is -0.479 e. The number of aryl methyl sites for hydroxylation is 1. The predicted octanol–water partition coefficient (Wildman–Crippen LogP) is 2.12. The molecule has 0 fully saturated rings. The lowest BCUT2D eigenvalue weighted by atomic mass is 10.2. The van der Waals surface area contributed by atoms with Crippen LogP contribution in [0.25, 0.3) is 0 Å². The lowest BCUT2D eigenvalue weighted by Crippen LogP contribution is -2.13. The van der Waals surface area contributed by atoms with Gasteiger partial charge in [0.1, 0.15) is 18.2 Å². The zero-order chi connectivity index (χ0) is 14.5. The van der Waals surface area contributed by atoms with Crippen molar-refractivity contribution in [2.24, 2.45) is 0 Å². The summed E-state index contributed by atoms with van der Waals surface area (Å²) in [6, 6.07) is 5.36. The van der Waals surface area contributed by atoms with E-state index in [0.717, 1.165) is 11.8 Å². The molecule has 20 heavy (non-hydrogen) atoms. The zero-order valence-corrected chi connectivity index (χ0v) is 10.7. The number of anilines is 1. The maximum atomic E-state index is 13.3. The number of benzene rings is 1. The van der Waals surface area contributed by atoms with Gasteiger partial charge in [0.2, 0.25) is 0 Å². The summed E-state index contributed by atoms with van der Waals surface area (Å²) in [5, 5.41) is 9.01. The fourth-order valence-corrected chi connectivity index (χ4v) is 1.57. The summed E-state index contributed by atoms with van der Waals surface area (Å²) in [6.45, 7) is 1.80. The van der Waals surface area contributed by atoms with Gasteiger partial charge in [0.05, 0.1) is 5.69 Å². The molecule has 0 aliphatic carbocycles. The molecule has 0 unspecified atom stereocenters. The Hall–Kier alpha value is -2.81. The first-order valence-electron chi connectivity index (χ1n) is 5.79. The predicted molar refractivity (Wildman–Crippen MR) is 72.0 cm³/mol. The van der Waals surface area contributed by atoms with Crippen LogP contribution in [0, 0.1) is 25.1 Å². The Bertz CT molecular complexity index is 673. The second-order valence-electron chi connectivity index (χ2n) is 4.02. The number of carbonyl (C=O) groups is 1. The molecular weight excluding hydrogens is 261 g/mol. The minimum atomic E-state index is -0.494. The molecule has 5 nitrogen and oxygen atoms in total. The van der Waals surface area contributed by atoms with Gasteiger partial charge >= 0.3 is 0 Å². The highest BCUT2D eigenvalue weighted by molar-refractivity contribution is 6.03. The number of hydrogen-bond acceptors (Lipinski definition) is 3. The smallest absolute Gasteiger partial charge is 0.276 e. The van der Waals surface area contributed by atoms with Crippen LogP contribution in [0.2, 0.25) is 0 Å². The van der Waals surface area contributed by atoms with Crippen LogP contribution >= 0.6 is 0 Å². The van der Waals surface area contributed by atoms with Crippen LogP contribution in [0.5, 0.6) is 5.75 Å². The number of amides is 1. The molecule has 0 spiro atoms. The largest absolute Gasteiger partial charge is 0.479 e. The van der Waals surface area contributed by atoms with Crippen molar-refractivity contribution in [3.63, 3.8) is 0 Å². The molecule has 1 aromatic carbocycles. The van der Waals surface area contributed by atoms with Crippen LogP contribution in [-0.4, -0.2) is 22.7 Å². The number of ether oxygens (including phenoxy) is 1. The molecule has 0 atom stereocenters. The van der Waals surface area contributed by atoms with Gasteiger partial charge in [-0.15, -0.1) is 6.42 Å². The Kier molecular flexibility index (Phi) is 4.01. The van der Waals surface area contributed by atoms with Crippen LogP contribution in [-0.2, 0) is 0 Å². The third kappa shape index (κ3) is 3.14. The molecule has 102 valence electrons. The van der Waals surface area contributed by atoms with E-state index in [2.05, 4.69) is 21.4 Å². The van der Waals surface area contributed by atoms with Crippen molar-refractivity contribution in [3.05, 3.63) is 41.5 Å². The fourth-order valence-electron chi connectivity index (χ4n) is 1.57. The normalized spacial score (nSPS) is 9.85. The number of nitrogens with zero attached hydrogens (tertiary/aromatic N) is 1. The zero-order valence-electron chi connectivity index (χ0n) is 10.7. The molecular formula is C14H12FN3O2. The Labute approximate surface area is 115 Å². The van der Waals surface area contributed by atoms with Gasteiger partial charge in [-0.1, -0.05) is 5.92 Å². The van der Waals surface area contributed by atoms with Gasteiger partial charge in [0, 0.05) is 11.8 Å². The number of aromatic amines is 1. The van der Waals surface area contributed by atoms with E-state index in [9.17, 15) is 9.18 Å². The summed E-state index contributed by atoms with van der Waals surface area (Å²) in [7, 11) is 0. The van der Waals surface area contributed by atoms with E-state index in [1.807, 2.05) is 0 Å². The van der Waals surface area contributed by atoms with Crippen molar-refractivity contribution in [2.45, 2.75) is 6.92 Å². The second kappa shape index (κ2) is 5.89. The molecule has 6 heteroatoms. The highest BCUT2D eigenvalue weighted by atomic mass is 19.1. The number of halogens is 1. The quantitative estimate of drug-likeness (QED) is 0.838. The number of terminal acetylenes is 1. The first kappa shape index (κ1) is 13.6. The van der Waals surface area contributed by atoms with Gasteiger partial charge in [-0.3, -0.25) is 9.89 Å². The maximum Gasteiger partial charge on any atom is 0.276 e. The Morgan fingerprint density at radius 2 is 2.35 bits per heavy atom. The van der Waals surface area contributed by atoms with E-state index < -0.39 is 11.7 Å². The first-order valence-corrected chi connectivity index (χ1v) is 5.79. The van der Waals surface area contributed by atoms with Gasteiger partial charge < -0.3 is 10.1 Å². The summed E-state index contributed by atoms with van der Waals surface area (Å²) in [6.07, 6.45) is 5.10. The second-order valence-corrected chi connectivity index (χ2v) is 4.02. The molecule has 1 heterocycles. The van der Waals surface area contributed by atoms with E-state index in [1.165, 1.54) is 12.1 Å². The first-order chi connectivity index (χ1) is 9.60. The monoisotopic (exact) mass is 273 g/mol. The Balaban J connectivity index is 2.21. The van der Waals surface area contributed by atoms with Crippen molar-refractivity contribution >= 4 is 11.6 Å². The molecule has 2 aromatic rings. The summed E-state index contributed by atoms with van der Waals surface area (Å²) < 4.78 is 18.5. The molecule has 0 bridgehead atoms. The lowest BCUT2D eigenvalue weighted by Gasteiger charge is -2.10. The van der Waals surface area contributed by atoms with E-state index in [0.29, 0.717) is 5.75 Å². The molecule has 2 N–H and O–H groups in total. The van der Waals surface area contributed by atoms with Crippen molar-refractivity contribution < 1.29 is 13.9 Å². The van der Waals surface area contributed by atoms with Gasteiger partial charge in [-0.05, 0) is 25.1 Å². The number of aromatic nitrogens is 2. The third-order valence-corrected chi connectivity index (χ3v) is 2.44. The van der Waals surface area contributed by atoms with E-state index in [-0.39, 0.29) is 18.0 Å². The molecule has 2 rings (SSSR count). The molecule has 0 saturated carbocycles. The summed E-state index contributed by atoms with van der Waals surface area (Å²) in [4.78, 5) is 12.0. The average molecular weight is 273 g/mol. The van der Waals surface area contributed by atoms with Crippen LogP contribution < -0.4 is 10.1 Å². The number of rotatable bonds is 4. The summed E-state index contributed by atoms with van der Waals surface area (Å²) in [5.74, 6) is 1.64. The number of H-pyrrole nitrogens is 1. The highest BCUT2D eigenvalue weighted by Gasteiger charge is 2.13. The van der Waals surface area contributed by atoms with Crippen LogP contribution in [0.3, 0.4) is 0 Å². The standard InChI is InChI=1S/C14H12FN3O2/c1-3-6-20-13-5-4-10(15)8-11(13)16-14(19)12-7-9(2)17-18-12/h1,4-5,7-8H,6H2,2H3,(H,16,19)(H,17,18). The summed E-state index contributed by atoms with van der Waals surface area (Å²) in [5.41, 5.74) is 1.15. The molecule has 0 aliphatic heterocycles. The van der Waals surface area contributed by atoms with Gasteiger partial charge in [0.15, 0.2) is 5.69 Å². The van der Waals surface area contributed by atoms with E-state index >= 15 is 0 Å². The lowest BCUT2D eigenvalue weighted by molar-refractivity contribution is 0.102. The topological polar surface area (TPSA) is 67.0 Å². The SMILES string of the molecule is C#CCOc1ccc(F)cc1NC(=O)c1cc(C)[nH]n1. The van der Waals surface area contributed by atoms with E-state index in [1.54, 1.807) is 13.0 Å². The minimum absolute atomic E-state index is 0.0238. The van der Waals surface area contributed by atoms with Gasteiger partial charge in [-0.2, -0.15) is 5.10 Å². The third-order valence-electron chi connectivity index (χ3n) is 2.44. The molecule has 0 radical (unpaired) electrons. The van der Waals surface area contributed by atoms with Crippen molar-refractivity contribution in [3.8, 4) is 18.1 Å². The maximum absolute atomic E-state index is 13.3. The number of hydrogen-bond donors (Lipinski definition) is 2.